The molecule has 0 N–H and O–H groups in total. The molecule has 5 rings (SSSR count). The number of sulfonamides is 2. The summed E-state index contributed by atoms with van der Waals surface area (Å²) in [5, 5.41) is 0. The fourth-order valence-electron chi connectivity index (χ4n) is 4.10. The monoisotopic (exact) mass is 425 g/mol. The quantitative estimate of drug-likeness (QED) is 0.599. The van der Waals surface area contributed by atoms with E-state index in [2.05, 4.69) is 0 Å². The lowest BCUT2D eigenvalue weighted by Gasteiger charge is -2.25. The first-order valence-electron chi connectivity index (χ1n) is 9.46. The molecule has 0 unspecified atom stereocenters. The van der Waals surface area contributed by atoms with Gasteiger partial charge >= 0.3 is 0 Å². The van der Waals surface area contributed by atoms with Crippen LogP contribution in [-0.2, 0) is 45.7 Å². The van der Waals surface area contributed by atoms with Crippen LogP contribution in [0, 0.1) is 0 Å². The molecule has 5 nitrogen and oxygen atoms in total. The second-order valence-electron chi connectivity index (χ2n) is 7.43. The Bertz CT molecular complexity index is 1240. The van der Waals surface area contributed by atoms with Gasteiger partial charge < -0.3 is 0 Å². The Morgan fingerprint density at radius 3 is 1.55 bits per heavy atom. The maximum absolute atomic E-state index is 13.8. The second kappa shape index (κ2) is 6.43. The van der Waals surface area contributed by atoms with Gasteiger partial charge in [0.1, 0.15) is 0 Å². The number of hydrogen-bond acceptors (Lipinski definition) is 4. The maximum Gasteiger partial charge on any atom is 0.277 e. The lowest BCUT2D eigenvalue weighted by Crippen LogP contribution is -2.37. The summed E-state index contributed by atoms with van der Waals surface area (Å²) in [7, 11) is -8.67. The Hall–Kier alpha value is -2.64. The first-order chi connectivity index (χ1) is 13.9. The lowest BCUT2D eigenvalue weighted by atomic mass is 9.96. The standard InChI is InChI=1S/C22H19NO4S2/c24-28(25)21-14-16-6-7-17-9-11-19(13-12-18(21)10-8-16)22(15-17)29(26,27)23(28)20-4-2-1-3-5-20/h1-5,8-11,14-15H,6-7,12-13H2. The number of fused-ring (bicyclic) bond motifs is 4. The molecule has 0 radical (unpaired) electrons. The first kappa shape index (κ1) is 18.4. The summed E-state index contributed by atoms with van der Waals surface area (Å²) < 4.78 is 55.8. The van der Waals surface area contributed by atoms with E-state index in [9.17, 15) is 16.8 Å². The van der Waals surface area contributed by atoms with Crippen LogP contribution in [-0.4, -0.2) is 16.8 Å². The minimum Gasteiger partial charge on any atom is -0.200 e. The predicted molar refractivity (Wildman–Crippen MR) is 111 cm³/mol. The summed E-state index contributed by atoms with van der Waals surface area (Å²) >= 11 is 0. The lowest BCUT2D eigenvalue weighted by molar-refractivity contribution is 0.584. The third-order valence-electron chi connectivity index (χ3n) is 5.59. The third kappa shape index (κ3) is 2.88. The highest BCUT2D eigenvalue weighted by Crippen LogP contribution is 2.37. The van der Waals surface area contributed by atoms with Crippen molar-refractivity contribution in [3.05, 3.63) is 89.0 Å². The molecule has 29 heavy (non-hydrogen) atoms. The number of para-hydroxylation sites is 1. The van der Waals surface area contributed by atoms with Crippen LogP contribution in [0.3, 0.4) is 0 Å². The molecule has 148 valence electrons. The van der Waals surface area contributed by atoms with Gasteiger partial charge in [0.25, 0.3) is 20.0 Å². The zero-order valence-electron chi connectivity index (χ0n) is 15.6. The van der Waals surface area contributed by atoms with Gasteiger partial charge in [-0.05, 0) is 72.2 Å². The Morgan fingerprint density at radius 2 is 1.07 bits per heavy atom. The summed E-state index contributed by atoms with van der Waals surface area (Å²) in [5.41, 5.74) is 3.16. The van der Waals surface area contributed by atoms with Crippen molar-refractivity contribution >= 4 is 25.7 Å². The molecule has 0 amide bonds. The molecular weight excluding hydrogens is 406 g/mol. The van der Waals surface area contributed by atoms with Gasteiger partial charge in [-0.2, -0.15) is 20.5 Å². The van der Waals surface area contributed by atoms with Gasteiger partial charge in [0.05, 0.1) is 15.5 Å². The molecule has 2 aliphatic heterocycles. The summed E-state index contributed by atoms with van der Waals surface area (Å²) in [6.07, 6.45) is 2.21. The number of aryl methyl sites for hydroxylation is 4. The highest BCUT2D eigenvalue weighted by atomic mass is 32.3. The molecule has 0 atom stereocenters. The average molecular weight is 426 g/mol. The fourth-order valence-corrected chi connectivity index (χ4v) is 8.37. The summed E-state index contributed by atoms with van der Waals surface area (Å²) in [6, 6.07) is 18.9. The highest BCUT2D eigenvalue weighted by Gasteiger charge is 2.40. The van der Waals surface area contributed by atoms with E-state index < -0.39 is 20.0 Å². The minimum absolute atomic E-state index is 0.0797. The van der Waals surface area contributed by atoms with Crippen molar-refractivity contribution in [2.24, 2.45) is 0 Å². The van der Waals surface area contributed by atoms with Gasteiger partial charge in [0, 0.05) is 0 Å². The molecule has 0 spiro atoms. The van der Waals surface area contributed by atoms with Crippen molar-refractivity contribution in [3.8, 4) is 0 Å². The molecule has 4 bridgehead atoms. The molecule has 3 aromatic rings. The molecule has 7 heteroatoms. The SMILES string of the molecule is O=S1(=O)c2cc3ccc2CCc2ccc(cc2S(=O)(=O)N1c1ccccc1)CC3. The Kier molecular flexibility index (Phi) is 4.08. The largest absolute Gasteiger partial charge is 0.277 e. The molecule has 3 aromatic carbocycles. The van der Waals surface area contributed by atoms with Gasteiger partial charge in [-0.15, -0.1) is 0 Å². The van der Waals surface area contributed by atoms with Crippen LogP contribution < -0.4 is 3.71 Å². The normalized spacial score (nSPS) is 18.8. The maximum atomic E-state index is 13.8. The highest BCUT2D eigenvalue weighted by molar-refractivity contribution is 8.10. The van der Waals surface area contributed by atoms with Crippen LogP contribution in [0.15, 0.2) is 76.5 Å². The molecule has 0 saturated heterocycles. The second-order valence-corrected chi connectivity index (χ2v) is 11.2. The summed E-state index contributed by atoms with van der Waals surface area (Å²) in [4.78, 5) is 0.159. The smallest absolute Gasteiger partial charge is 0.200 e. The van der Waals surface area contributed by atoms with Crippen molar-refractivity contribution < 1.29 is 16.8 Å². The molecule has 0 aliphatic carbocycles. The molecule has 0 saturated carbocycles. The number of rotatable bonds is 1. The van der Waals surface area contributed by atoms with E-state index in [1.807, 2.05) is 24.3 Å². The fraction of sp³-hybridized carbons (Fsp3) is 0.182. The van der Waals surface area contributed by atoms with E-state index in [0.29, 0.717) is 40.5 Å². The molecular formula is C22H19NO4S2. The van der Waals surface area contributed by atoms with E-state index >= 15 is 0 Å². The topological polar surface area (TPSA) is 71.5 Å². The van der Waals surface area contributed by atoms with Gasteiger partial charge in [-0.25, -0.2) is 0 Å². The molecule has 2 aliphatic rings. The Balaban J connectivity index is 1.95. The van der Waals surface area contributed by atoms with Crippen LogP contribution in [0.1, 0.15) is 22.3 Å². The number of hydrogen-bond donors (Lipinski definition) is 0. The zero-order valence-corrected chi connectivity index (χ0v) is 17.2. The molecule has 0 fully saturated rings. The van der Waals surface area contributed by atoms with E-state index in [0.717, 1.165) is 11.1 Å². The van der Waals surface area contributed by atoms with Gasteiger partial charge in [0.15, 0.2) is 0 Å². The van der Waals surface area contributed by atoms with Gasteiger partial charge in [-0.1, -0.05) is 42.5 Å². The molecule has 0 aromatic heterocycles. The van der Waals surface area contributed by atoms with Crippen molar-refractivity contribution in [3.63, 3.8) is 0 Å². The van der Waals surface area contributed by atoms with Crippen LogP contribution in [0.5, 0.6) is 0 Å². The van der Waals surface area contributed by atoms with Crippen LogP contribution in [0.4, 0.5) is 5.69 Å². The van der Waals surface area contributed by atoms with Crippen molar-refractivity contribution in [2.75, 3.05) is 3.71 Å². The molecule has 2 heterocycles. The third-order valence-corrected chi connectivity index (χ3v) is 9.93. The predicted octanol–water partition coefficient (Wildman–Crippen LogP) is 3.47. The van der Waals surface area contributed by atoms with Crippen LogP contribution in [0.2, 0.25) is 0 Å². The minimum atomic E-state index is -4.33. The van der Waals surface area contributed by atoms with Gasteiger partial charge in [0.2, 0.25) is 0 Å². The Morgan fingerprint density at radius 1 is 0.586 bits per heavy atom. The van der Waals surface area contributed by atoms with E-state index in [1.165, 1.54) is 12.1 Å². The number of nitrogens with zero attached hydrogens (tertiary/aromatic N) is 1. The average Bonchev–Trinajstić information content (AvgIpc) is 2.71. The van der Waals surface area contributed by atoms with Crippen molar-refractivity contribution in [2.45, 2.75) is 35.5 Å². The summed E-state index contributed by atoms with van der Waals surface area (Å²) in [5.74, 6) is 0. The first-order valence-corrected chi connectivity index (χ1v) is 12.3. The van der Waals surface area contributed by atoms with Crippen molar-refractivity contribution in [1.82, 2.24) is 0 Å². The van der Waals surface area contributed by atoms with Crippen LogP contribution in [0.25, 0.3) is 0 Å². The van der Waals surface area contributed by atoms with Gasteiger partial charge in [-0.3, -0.25) is 0 Å². The number of anilines is 1. The van der Waals surface area contributed by atoms with E-state index in [1.54, 1.807) is 30.3 Å². The number of benzene rings is 3. The Labute approximate surface area is 170 Å². The van der Waals surface area contributed by atoms with E-state index in [-0.39, 0.29) is 15.5 Å². The van der Waals surface area contributed by atoms with E-state index in [4.69, 9.17) is 0 Å². The summed E-state index contributed by atoms with van der Waals surface area (Å²) in [6.45, 7) is 0. The van der Waals surface area contributed by atoms with Crippen LogP contribution >= 0.6 is 0 Å². The zero-order chi connectivity index (χ0) is 20.2. The van der Waals surface area contributed by atoms with Crippen molar-refractivity contribution in [1.29, 1.82) is 0 Å².